The van der Waals surface area contributed by atoms with Crippen LogP contribution in [0.25, 0.3) is 4.85 Å². The number of carbonyl (C=O) groups excluding carboxylic acids is 7. The van der Waals surface area contributed by atoms with Crippen LogP contribution in [-0.2, 0) is 66.7 Å². The van der Waals surface area contributed by atoms with Crippen LogP contribution in [0.5, 0.6) is 11.5 Å². The fourth-order valence-corrected chi connectivity index (χ4v) is 12.9. The Kier molecular flexibility index (Phi) is 30.5. The number of esters is 7. The van der Waals surface area contributed by atoms with Crippen molar-refractivity contribution in [2.24, 2.45) is 23.7 Å². The number of unbranched alkanes of at least 4 members (excludes halogenated alkanes) is 7. The van der Waals surface area contributed by atoms with Crippen LogP contribution in [0.2, 0.25) is 0 Å². The van der Waals surface area contributed by atoms with Crippen molar-refractivity contribution in [1.82, 2.24) is 0 Å². The van der Waals surface area contributed by atoms with Crippen molar-refractivity contribution in [2.45, 2.75) is 222 Å². The highest BCUT2D eigenvalue weighted by Crippen LogP contribution is 2.59. The predicted molar refractivity (Wildman–Crippen MR) is 307 cm³/mol. The van der Waals surface area contributed by atoms with Crippen molar-refractivity contribution >= 4 is 65.3 Å². The van der Waals surface area contributed by atoms with Gasteiger partial charge in [0.1, 0.15) is 23.7 Å². The molecule has 0 atom stereocenters. The summed E-state index contributed by atoms with van der Waals surface area (Å²) in [4.78, 5) is 89.6. The molecule has 1 aromatic rings. The lowest BCUT2D eigenvalue weighted by Gasteiger charge is -2.31. The molecule has 0 bridgehead atoms. The summed E-state index contributed by atoms with van der Waals surface area (Å²) in [5.74, 6) is -1.80. The van der Waals surface area contributed by atoms with E-state index in [1.165, 1.54) is 38.0 Å². The van der Waals surface area contributed by atoms with Gasteiger partial charge in [0.2, 0.25) is 0 Å². The molecule has 0 radical (unpaired) electrons. The highest BCUT2D eigenvalue weighted by Gasteiger charge is 2.36. The standard InChI is InChI=1S/C39H49NO11S2.C23H38O5/c1-5-7-22-48-38(45)33(40-4)39-52-34-30(49-25(3)41)20-21-31(35(34)53-39)51-37(44)27-14-18-29(19-15-27)50-36(43)26-12-16-28(17-13-26)46-23-10-8-9-11-24-47-32(42)6-2;1-3-22(24)27-17-7-5-4-6-16-26-20-14-10-19(11-15-20)23(25)28-21-12-8-18(2)9-13-21/h6,20-21,26-29H,2,5,7-19,22-24H2,1,3H3;3,18-21H,1,4-17H2,2H3/b39-33-;. The van der Waals surface area contributed by atoms with Crippen LogP contribution < -0.4 is 9.47 Å². The Bertz CT molecular complexity index is 2300. The van der Waals surface area contributed by atoms with Crippen molar-refractivity contribution < 1.29 is 76.2 Å². The number of nitrogens with zero attached hydrogens (tertiary/aromatic N) is 1. The minimum absolute atomic E-state index is 0.0233. The molecular weight excluding hydrogens is 1080 g/mol. The third-order valence-electron chi connectivity index (χ3n) is 15.3. The molecule has 6 rings (SSSR count). The molecular formula is C62H87NO16S2. The molecule has 0 spiro atoms. The molecule has 17 nitrogen and oxygen atoms in total. The van der Waals surface area contributed by atoms with Crippen LogP contribution in [0.15, 0.2) is 57.2 Å². The molecule has 0 amide bonds. The first kappa shape index (κ1) is 66.6. The van der Waals surface area contributed by atoms with Gasteiger partial charge in [-0.15, -0.1) is 0 Å². The van der Waals surface area contributed by atoms with Gasteiger partial charge < -0.3 is 42.6 Å². The zero-order chi connectivity index (χ0) is 58.4. The number of hydrogen-bond donors (Lipinski definition) is 0. The summed E-state index contributed by atoms with van der Waals surface area (Å²) in [7, 11) is 0. The van der Waals surface area contributed by atoms with Gasteiger partial charge in [-0.05, 0) is 166 Å². The number of rotatable bonds is 29. The molecule has 1 aliphatic heterocycles. The molecule has 4 aliphatic carbocycles. The molecule has 4 saturated carbocycles. The zero-order valence-electron chi connectivity index (χ0n) is 48.1. The van der Waals surface area contributed by atoms with Gasteiger partial charge in [-0.1, -0.05) is 69.8 Å². The summed E-state index contributed by atoms with van der Waals surface area (Å²) in [6, 6.07) is 3.08. The largest absolute Gasteiger partial charge is 0.471 e. The van der Waals surface area contributed by atoms with Crippen molar-refractivity contribution in [3.63, 3.8) is 0 Å². The molecule has 1 aromatic carbocycles. The number of thioether (sulfide) groups is 2. The first-order chi connectivity index (χ1) is 39.2. The summed E-state index contributed by atoms with van der Waals surface area (Å²) >= 11 is 2.20. The smallest absolute Gasteiger partial charge is 0.338 e. The van der Waals surface area contributed by atoms with Crippen LogP contribution in [0.4, 0.5) is 0 Å². The van der Waals surface area contributed by atoms with E-state index in [4.69, 9.17) is 49.2 Å². The van der Waals surface area contributed by atoms with Gasteiger partial charge in [0, 0.05) is 32.3 Å². The Balaban J connectivity index is 0.000000361. The van der Waals surface area contributed by atoms with E-state index in [0.717, 1.165) is 158 Å². The van der Waals surface area contributed by atoms with Crippen molar-refractivity contribution in [1.29, 1.82) is 0 Å². The summed E-state index contributed by atoms with van der Waals surface area (Å²) < 4.78 is 50.5. The maximum atomic E-state index is 13.4. The van der Waals surface area contributed by atoms with Gasteiger partial charge in [-0.3, -0.25) is 24.0 Å². The van der Waals surface area contributed by atoms with E-state index < -0.39 is 29.8 Å². The monoisotopic (exact) mass is 1170 g/mol. The number of fused-ring (bicyclic) bond motifs is 1. The van der Waals surface area contributed by atoms with Crippen LogP contribution in [0.1, 0.15) is 188 Å². The van der Waals surface area contributed by atoms with Crippen LogP contribution in [-0.4, -0.2) is 99.2 Å². The predicted octanol–water partition coefficient (Wildman–Crippen LogP) is 13.1. The van der Waals surface area contributed by atoms with E-state index in [1.807, 2.05) is 6.92 Å². The van der Waals surface area contributed by atoms with Gasteiger partial charge in [0.25, 0.3) is 5.70 Å². The van der Waals surface area contributed by atoms with Gasteiger partial charge in [-0.2, -0.15) is 0 Å². The summed E-state index contributed by atoms with van der Waals surface area (Å²) in [5.41, 5.74) is -0.182. The molecule has 1 heterocycles. The third-order valence-corrected chi connectivity index (χ3v) is 17.9. The molecule has 0 N–H and O–H groups in total. The quantitative estimate of drug-likeness (QED) is 0.0182. The molecule has 19 heteroatoms. The molecule has 5 aliphatic rings. The minimum Gasteiger partial charge on any atom is -0.471 e. The molecule has 0 unspecified atom stereocenters. The Morgan fingerprint density at radius 1 is 0.531 bits per heavy atom. The maximum absolute atomic E-state index is 13.4. The molecule has 4 fully saturated rings. The molecule has 0 saturated heterocycles. The van der Waals surface area contributed by atoms with E-state index in [1.54, 1.807) is 6.07 Å². The summed E-state index contributed by atoms with van der Waals surface area (Å²) in [6.07, 6.45) is 25.3. The second kappa shape index (κ2) is 37.1. The SMILES string of the molecule is C=CC(=O)OCCCCCCOC1CCC(C(=O)OC2CCC(C)CC2)CC1.[C-]#[N+]/C(C(=O)OCCCC)=C1/Sc2c(OC(C)=O)ccc(OC(=O)C3CCC(OC(=O)C4CCC(OCCCCCCOC(=O)C=C)CC4)CC3)c2S1. The van der Waals surface area contributed by atoms with Gasteiger partial charge >= 0.3 is 41.8 Å². The zero-order valence-corrected chi connectivity index (χ0v) is 49.7. The van der Waals surface area contributed by atoms with Crippen molar-refractivity contribution in [3.05, 3.63) is 58.8 Å². The van der Waals surface area contributed by atoms with Gasteiger partial charge in [-0.25, -0.2) is 14.4 Å². The molecule has 448 valence electrons. The van der Waals surface area contributed by atoms with E-state index in [0.29, 0.717) is 66.0 Å². The number of benzene rings is 1. The maximum Gasteiger partial charge on any atom is 0.338 e. The number of ether oxygens (including phenoxy) is 9. The highest BCUT2D eigenvalue weighted by atomic mass is 32.2. The first-order valence-electron chi connectivity index (χ1n) is 29.7. The first-order valence-corrected chi connectivity index (χ1v) is 31.3. The van der Waals surface area contributed by atoms with Gasteiger partial charge in [0.15, 0.2) is 0 Å². The van der Waals surface area contributed by atoms with Crippen molar-refractivity contribution in [3.8, 4) is 11.5 Å². The Hall–Kier alpha value is -5.16. The average Bonchev–Trinajstić information content (AvgIpc) is 4.16. The topological polar surface area (TPSA) is 207 Å². The Morgan fingerprint density at radius 3 is 1.35 bits per heavy atom. The lowest BCUT2D eigenvalue weighted by Crippen LogP contribution is -2.33. The average molecular weight is 1170 g/mol. The second-order valence-electron chi connectivity index (χ2n) is 21.7. The lowest BCUT2D eigenvalue weighted by molar-refractivity contribution is -0.159. The fraction of sp³-hybridized carbons (Fsp3) is 0.677. The van der Waals surface area contributed by atoms with E-state index in [9.17, 15) is 33.6 Å². The fourth-order valence-electron chi connectivity index (χ4n) is 10.4. The van der Waals surface area contributed by atoms with Crippen LogP contribution in [0, 0.1) is 30.2 Å². The Labute approximate surface area is 488 Å². The second-order valence-corrected chi connectivity index (χ2v) is 24.0. The van der Waals surface area contributed by atoms with E-state index in [2.05, 4.69) is 24.9 Å². The number of carbonyl (C=O) groups is 7. The Morgan fingerprint density at radius 2 is 0.926 bits per heavy atom. The van der Waals surface area contributed by atoms with Gasteiger partial charge in [0.05, 0.1) is 70.4 Å². The summed E-state index contributed by atoms with van der Waals surface area (Å²) in [6.45, 7) is 22.4. The van der Waals surface area contributed by atoms with Crippen LogP contribution >= 0.6 is 23.5 Å². The normalized spacial score (nSPS) is 23.8. The van der Waals surface area contributed by atoms with Crippen LogP contribution in [0.3, 0.4) is 0 Å². The van der Waals surface area contributed by atoms with E-state index >= 15 is 0 Å². The molecule has 0 aromatic heterocycles. The number of hydrogen-bond acceptors (Lipinski definition) is 18. The van der Waals surface area contributed by atoms with Crippen molar-refractivity contribution in [2.75, 3.05) is 33.0 Å². The third kappa shape index (κ3) is 23.9. The highest BCUT2D eigenvalue weighted by molar-refractivity contribution is 8.24. The molecule has 81 heavy (non-hydrogen) atoms. The lowest BCUT2D eigenvalue weighted by atomic mass is 9.86. The summed E-state index contributed by atoms with van der Waals surface area (Å²) in [5, 5.41) is 0. The van der Waals surface area contributed by atoms with E-state index in [-0.39, 0.29) is 78.0 Å². The minimum atomic E-state index is -0.732.